The zero-order chi connectivity index (χ0) is 23.4. The molecule has 0 unspecified atom stereocenters. The van der Waals surface area contributed by atoms with Crippen LogP contribution in [0.3, 0.4) is 0 Å². The molecule has 4 aromatic rings. The van der Waals surface area contributed by atoms with Crippen LogP contribution in [0.15, 0.2) is 109 Å². The Morgan fingerprint density at radius 2 is 0.818 bits per heavy atom. The van der Waals surface area contributed by atoms with Gasteiger partial charge in [-0.15, -0.1) is 0 Å². The number of rotatable bonds is 5. The van der Waals surface area contributed by atoms with Crippen molar-refractivity contribution >= 4 is 0 Å². The Morgan fingerprint density at radius 1 is 0.485 bits per heavy atom. The lowest BCUT2D eigenvalue weighted by atomic mass is 9.65. The molecule has 0 aliphatic carbocycles. The van der Waals surface area contributed by atoms with E-state index in [4.69, 9.17) is 4.74 Å². The molecule has 0 saturated heterocycles. The number of hydrogen-bond donors (Lipinski definition) is 0. The maximum Gasteiger partial charge on any atom is 0.118 e. The first-order valence-electron chi connectivity index (χ1n) is 11.6. The molecular formula is C32H40O. The van der Waals surface area contributed by atoms with Crippen LogP contribution in [0.1, 0.15) is 62.9 Å². The monoisotopic (exact) mass is 440 g/mol. The summed E-state index contributed by atoms with van der Waals surface area (Å²) in [4.78, 5) is 0. The first kappa shape index (κ1) is 27.7. The van der Waals surface area contributed by atoms with Crippen LogP contribution in [0.5, 0.6) is 5.75 Å². The van der Waals surface area contributed by atoms with Crippen molar-refractivity contribution in [2.45, 2.75) is 47.5 Å². The average molecular weight is 441 g/mol. The Hall–Kier alpha value is -3.32. The van der Waals surface area contributed by atoms with Crippen LogP contribution in [-0.4, -0.2) is 7.11 Å². The molecule has 1 nitrogen and oxygen atoms in total. The van der Waals surface area contributed by atoms with Crippen LogP contribution in [-0.2, 0) is 5.41 Å². The van der Waals surface area contributed by atoms with Crippen molar-refractivity contribution in [3.63, 3.8) is 0 Å². The van der Waals surface area contributed by atoms with Crippen molar-refractivity contribution in [1.29, 1.82) is 0 Å². The standard InChI is InChI=1S/C27H24O.2C2H6.CH4/c1-21-13-15-24(16-14-21)27(22-9-5-3-6-10-22,23-11-7-4-8-12-23)25-17-19-26(28-2)20-18-25;2*1-2;/h3-20H,1-2H3;2*1-2H3;1H4. The number of benzene rings is 4. The van der Waals surface area contributed by atoms with Gasteiger partial charge < -0.3 is 4.74 Å². The van der Waals surface area contributed by atoms with Gasteiger partial charge in [0.25, 0.3) is 0 Å². The molecule has 0 atom stereocenters. The highest BCUT2D eigenvalue weighted by Crippen LogP contribution is 2.45. The van der Waals surface area contributed by atoms with Gasteiger partial charge in [0.2, 0.25) is 0 Å². The van der Waals surface area contributed by atoms with Gasteiger partial charge in [-0.3, -0.25) is 0 Å². The van der Waals surface area contributed by atoms with Crippen molar-refractivity contribution < 1.29 is 4.74 Å². The molecule has 0 aromatic heterocycles. The lowest BCUT2D eigenvalue weighted by Gasteiger charge is -2.37. The van der Waals surface area contributed by atoms with Gasteiger partial charge in [-0.1, -0.05) is 138 Å². The molecule has 0 N–H and O–H groups in total. The fourth-order valence-electron chi connectivity index (χ4n) is 4.02. The van der Waals surface area contributed by atoms with Crippen molar-refractivity contribution in [1.82, 2.24) is 0 Å². The molecule has 1 heteroatoms. The summed E-state index contributed by atoms with van der Waals surface area (Å²) < 4.78 is 5.41. The molecule has 33 heavy (non-hydrogen) atoms. The summed E-state index contributed by atoms with van der Waals surface area (Å²) in [6.07, 6.45) is 0. The van der Waals surface area contributed by atoms with Gasteiger partial charge in [0.15, 0.2) is 0 Å². The van der Waals surface area contributed by atoms with E-state index in [1.807, 2.05) is 39.8 Å². The van der Waals surface area contributed by atoms with Crippen molar-refractivity contribution in [3.05, 3.63) is 137 Å². The zero-order valence-electron chi connectivity index (χ0n) is 20.3. The van der Waals surface area contributed by atoms with E-state index in [1.54, 1.807) is 7.11 Å². The van der Waals surface area contributed by atoms with Crippen molar-refractivity contribution in [2.75, 3.05) is 7.11 Å². The highest BCUT2D eigenvalue weighted by Gasteiger charge is 2.38. The molecule has 4 aromatic carbocycles. The Balaban J connectivity index is 0.00000103. The van der Waals surface area contributed by atoms with E-state index >= 15 is 0 Å². The molecule has 0 aliphatic rings. The van der Waals surface area contributed by atoms with Gasteiger partial charge in [-0.25, -0.2) is 0 Å². The predicted molar refractivity (Wildman–Crippen MR) is 145 cm³/mol. The summed E-state index contributed by atoms with van der Waals surface area (Å²) in [7, 11) is 1.70. The van der Waals surface area contributed by atoms with E-state index in [-0.39, 0.29) is 7.43 Å². The molecule has 0 aliphatic heterocycles. The number of aryl methyl sites for hydroxylation is 1. The molecule has 0 saturated carbocycles. The van der Waals surface area contributed by atoms with Gasteiger partial charge in [-0.05, 0) is 41.3 Å². The summed E-state index contributed by atoms with van der Waals surface area (Å²) in [5.41, 5.74) is 5.82. The van der Waals surface area contributed by atoms with Gasteiger partial charge in [-0.2, -0.15) is 0 Å². The average Bonchev–Trinajstić information content (AvgIpc) is 2.90. The number of ether oxygens (including phenoxy) is 1. The Labute approximate surface area is 202 Å². The molecule has 0 heterocycles. The zero-order valence-corrected chi connectivity index (χ0v) is 20.3. The Kier molecular flexibility index (Phi) is 11.7. The van der Waals surface area contributed by atoms with Gasteiger partial charge in [0.1, 0.15) is 5.75 Å². The van der Waals surface area contributed by atoms with Crippen LogP contribution < -0.4 is 4.74 Å². The minimum atomic E-state index is -0.400. The highest BCUT2D eigenvalue weighted by molar-refractivity contribution is 5.60. The fourth-order valence-corrected chi connectivity index (χ4v) is 4.02. The lowest BCUT2D eigenvalue weighted by molar-refractivity contribution is 0.414. The number of methoxy groups -OCH3 is 1. The van der Waals surface area contributed by atoms with E-state index in [0.29, 0.717) is 0 Å². The number of hydrogen-bond acceptors (Lipinski definition) is 1. The third-order valence-electron chi connectivity index (χ3n) is 5.42. The minimum Gasteiger partial charge on any atom is -0.497 e. The first-order chi connectivity index (χ1) is 15.7. The molecule has 0 fully saturated rings. The smallest absolute Gasteiger partial charge is 0.118 e. The van der Waals surface area contributed by atoms with E-state index < -0.39 is 5.41 Å². The van der Waals surface area contributed by atoms with Crippen LogP contribution in [0.2, 0.25) is 0 Å². The predicted octanol–water partition coefficient (Wildman–Crippen LogP) is 9.07. The Morgan fingerprint density at radius 3 is 1.18 bits per heavy atom. The van der Waals surface area contributed by atoms with Crippen LogP contribution >= 0.6 is 0 Å². The molecule has 0 amide bonds. The van der Waals surface area contributed by atoms with E-state index in [0.717, 1.165) is 5.75 Å². The van der Waals surface area contributed by atoms with Crippen LogP contribution in [0.25, 0.3) is 0 Å². The summed E-state index contributed by atoms with van der Waals surface area (Å²) in [6, 6.07) is 38.8. The van der Waals surface area contributed by atoms with Crippen molar-refractivity contribution in [2.24, 2.45) is 0 Å². The largest absolute Gasteiger partial charge is 0.497 e. The topological polar surface area (TPSA) is 9.23 Å². The molecule has 174 valence electrons. The normalized spacial score (nSPS) is 9.88. The van der Waals surface area contributed by atoms with E-state index in [9.17, 15) is 0 Å². The minimum absolute atomic E-state index is 0. The molecular weight excluding hydrogens is 400 g/mol. The SMILES string of the molecule is C.CC.CC.COc1ccc(C(c2ccccc2)(c2ccccc2)c2ccc(C)cc2)cc1. The van der Waals surface area contributed by atoms with Crippen LogP contribution in [0, 0.1) is 6.92 Å². The van der Waals surface area contributed by atoms with E-state index in [1.165, 1.54) is 27.8 Å². The van der Waals surface area contributed by atoms with Gasteiger partial charge >= 0.3 is 0 Å². The van der Waals surface area contributed by atoms with Crippen LogP contribution in [0.4, 0.5) is 0 Å². The summed E-state index contributed by atoms with van der Waals surface area (Å²) in [5, 5.41) is 0. The molecule has 0 bridgehead atoms. The molecule has 0 radical (unpaired) electrons. The quantitative estimate of drug-likeness (QED) is 0.281. The third kappa shape index (κ3) is 5.93. The van der Waals surface area contributed by atoms with E-state index in [2.05, 4.69) is 104 Å². The fraction of sp³-hybridized carbons (Fsp3) is 0.250. The van der Waals surface area contributed by atoms with Gasteiger partial charge in [0, 0.05) is 0 Å². The highest BCUT2D eigenvalue weighted by atomic mass is 16.5. The summed E-state index contributed by atoms with van der Waals surface area (Å²) in [6.45, 7) is 10.1. The molecule has 0 spiro atoms. The second-order valence-corrected chi connectivity index (χ2v) is 7.08. The molecule has 4 rings (SSSR count). The summed E-state index contributed by atoms with van der Waals surface area (Å²) >= 11 is 0. The lowest BCUT2D eigenvalue weighted by Crippen LogP contribution is -2.30. The van der Waals surface area contributed by atoms with Gasteiger partial charge in [0.05, 0.1) is 12.5 Å². The van der Waals surface area contributed by atoms with Crippen molar-refractivity contribution in [3.8, 4) is 5.75 Å². The Bertz CT molecular complexity index is 978. The second kappa shape index (κ2) is 14.0. The maximum absolute atomic E-state index is 5.41. The third-order valence-corrected chi connectivity index (χ3v) is 5.42. The maximum atomic E-state index is 5.41. The second-order valence-electron chi connectivity index (χ2n) is 7.08. The first-order valence-corrected chi connectivity index (χ1v) is 11.6. The summed E-state index contributed by atoms with van der Waals surface area (Å²) in [5.74, 6) is 0.864.